The van der Waals surface area contributed by atoms with E-state index in [1.54, 1.807) is 0 Å². The van der Waals surface area contributed by atoms with Gasteiger partial charge in [-0.1, -0.05) is 0 Å². The molecule has 1 heterocycles. The molecule has 1 N–H and O–H groups in total. The average Bonchev–Trinajstić information content (AvgIpc) is 2.49. The number of aliphatic hydroxyl groups is 1. The fourth-order valence-corrected chi connectivity index (χ4v) is 0.727. The minimum Gasteiger partial charge on any atom is -0.393 e. The van der Waals surface area contributed by atoms with Crippen molar-refractivity contribution in [2.24, 2.45) is 0 Å². The highest BCUT2D eigenvalue weighted by Crippen LogP contribution is 2.54. The van der Waals surface area contributed by atoms with E-state index < -0.39 is 5.60 Å². The zero-order valence-electron chi connectivity index (χ0n) is 3.55. The van der Waals surface area contributed by atoms with Crippen LogP contribution in [0.3, 0.4) is 0 Å². The van der Waals surface area contributed by atoms with Crippen molar-refractivity contribution < 1.29 is 14.6 Å². The molecular weight excluding hydrogens is 96.0 g/mol. The lowest BCUT2D eigenvalue weighted by atomic mass is 10.4. The van der Waals surface area contributed by atoms with Crippen LogP contribution in [0.1, 0.15) is 0 Å². The standard InChI is InChI=1S/C4H4O3/c5-1-4-2(6)3(4)7-4/h3,5H,1H2/t3?,4-/m0/s1. The smallest absolute Gasteiger partial charge is 0.202 e. The summed E-state index contributed by atoms with van der Waals surface area (Å²) in [7, 11) is 0. The summed E-state index contributed by atoms with van der Waals surface area (Å²) >= 11 is 0. The minimum atomic E-state index is -0.667. The molecule has 3 nitrogen and oxygen atoms in total. The molecule has 38 valence electrons. The van der Waals surface area contributed by atoms with E-state index in [9.17, 15) is 4.79 Å². The number of carbonyl (C=O) groups excluding carboxylic acids is 1. The molecule has 2 fully saturated rings. The van der Waals surface area contributed by atoms with Crippen molar-refractivity contribution >= 4 is 5.78 Å². The molecule has 0 amide bonds. The molecule has 2 aliphatic rings. The molecule has 0 spiro atoms. The van der Waals surface area contributed by atoms with Gasteiger partial charge in [0.05, 0.1) is 6.61 Å². The molecule has 2 rings (SSSR count). The van der Waals surface area contributed by atoms with Crippen LogP contribution in [0, 0.1) is 0 Å². The first-order chi connectivity index (χ1) is 3.31. The van der Waals surface area contributed by atoms with Gasteiger partial charge in [-0.3, -0.25) is 4.79 Å². The molecule has 0 aromatic rings. The summed E-state index contributed by atoms with van der Waals surface area (Å²) in [4.78, 5) is 10.2. The Balaban J connectivity index is 2.21. The van der Waals surface area contributed by atoms with Crippen LogP contribution in [0.4, 0.5) is 0 Å². The largest absolute Gasteiger partial charge is 0.393 e. The van der Waals surface area contributed by atoms with Gasteiger partial charge in [0.2, 0.25) is 5.78 Å². The number of aliphatic hydroxyl groups excluding tert-OH is 1. The maximum absolute atomic E-state index is 10.2. The van der Waals surface area contributed by atoms with E-state index >= 15 is 0 Å². The highest BCUT2D eigenvalue weighted by atomic mass is 16.7. The van der Waals surface area contributed by atoms with Gasteiger partial charge in [-0.05, 0) is 0 Å². The Bertz CT molecular complexity index is 142. The molecule has 0 aromatic carbocycles. The van der Waals surface area contributed by atoms with Crippen LogP contribution in [-0.4, -0.2) is 29.2 Å². The number of Topliss-reactive ketones (excluding diaryl/α,β-unsaturated/α-hetero) is 1. The van der Waals surface area contributed by atoms with Crippen LogP contribution in [0.5, 0.6) is 0 Å². The molecule has 0 aromatic heterocycles. The van der Waals surface area contributed by atoms with Gasteiger partial charge >= 0.3 is 0 Å². The highest BCUT2D eigenvalue weighted by Gasteiger charge is 2.83. The van der Waals surface area contributed by atoms with Gasteiger partial charge in [0.15, 0.2) is 11.7 Å². The summed E-state index contributed by atoms with van der Waals surface area (Å²) in [6, 6.07) is 0. The zero-order valence-corrected chi connectivity index (χ0v) is 3.55. The summed E-state index contributed by atoms with van der Waals surface area (Å²) in [5.74, 6) is 0.0648. The molecule has 2 atom stereocenters. The van der Waals surface area contributed by atoms with Gasteiger partial charge in [0.1, 0.15) is 0 Å². The van der Waals surface area contributed by atoms with E-state index in [1.807, 2.05) is 0 Å². The number of rotatable bonds is 1. The number of carbonyl (C=O) groups is 1. The van der Waals surface area contributed by atoms with Crippen molar-refractivity contribution in [1.29, 1.82) is 0 Å². The van der Waals surface area contributed by atoms with Crippen molar-refractivity contribution in [2.45, 2.75) is 11.7 Å². The Hall–Kier alpha value is -0.410. The summed E-state index contributed by atoms with van der Waals surface area (Å²) < 4.78 is 4.66. The van der Waals surface area contributed by atoms with Gasteiger partial charge in [0, 0.05) is 0 Å². The summed E-state index contributed by atoms with van der Waals surface area (Å²) in [5.41, 5.74) is -0.667. The molecule has 1 saturated heterocycles. The molecule has 1 aliphatic heterocycles. The van der Waals surface area contributed by atoms with Crippen LogP contribution in [-0.2, 0) is 9.53 Å². The van der Waals surface area contributed by atoms with Crippen molar-refractivity contribution in [1.82, 2.24) is 0 Å². The Morgan fingerprint density at radius 1 is 2.00 bits per heavy atom. The monoisotopic (exact) mass is 100 g/mol. The van der Waals surface area contributed by atoms with Crippen molar-refractivity contribution in [3.63, 3.8) is 0 Å². The van der Waals surface area contributed by atoms with Gasteiger partial charge in [-0.15, -0.1) is 0 Å². The van der Waals surface area contributed by atoms with Crippen LogP contribution in [0.15, 0.2) is 0 Å². The first-order valence-corrected chi connectivity index (χ1v) is 2.14. The SMILES string of the molecule is O=C1C2O[C@@]12CO. The lowest BCUT2D eigenvalue weighted by Crippen LogP contribution is -2.10. The first-order valence-electron chi connectivity index (χ1n) is 2.14. The molecule has 0 bridgehead atoms. The summed E-state index contributed by atoms with van der Waals surface area (Å²) in [5, 5.41) is 8.33. The summed E-state index contributed by atoms with van der Waals surface area (Å²) in [6.07, 6.45) is -0.211. The second-order valence-corrected chi connectivity index (χ2v) is 1.91. The second-order valence-electron chi connectivity index (χ2n) is 1.91. The zero-order chi connectivity index (χ0) is 5.07. The Kier molecular flexibility index (Phi) is 0.326. The normalized spacial score (nSPS) is 53.9. The number of ether oxygens (including phenoxy) is 1. The topological polar surface area (TPSA) is 49.8 Å². The minimum absolute atomic E-state index is 0.0648. The molecular formula is C4H4O3. The van der Waals surface area contributed by atoms with E-state index in [0.717, 1.165) is 0 Å². The first kappa shape index (κ1) is 3.57. The van der Waals surface area contributed by atoms with E-state index in [4.69, 9.17) is 5.11 Å². The van der Waals surface area contributed by atoms with Crippen molar-refractivity contribution in [2.75, 3.05) is 6.61 Å². The van der Waals surface area contributed by atoms with Gasteiger partial charge in [-0.2, -0.15) is 0 Å². The molecule has 7 heavy (non-hydrogen) atoms. The van der Waals surface area contributed by atoms with E-state index in [2.05, 4.69) is 4.74 Å². The number of hydrogen-bond acceptors (Lipinski definition) is 3. The van der Waals surface area contributed by atoms with Crippen LogP contribution < -0.4 is 0 Å². The Labute approximate surface area is 39.9 Å². The number of hydrogen-bond donors (Lipinski definition) is 1. The lowest BCUT2D eigenvalue weighted by Gasteiger charge is -1.87. The highest BCUT2D eigenvalue weighted by molar-refractivity contribution is 6.16. The van der Waals surface area contributed by atoms with Crippen LogP contribution in [0.2, 0.25) is 0 Å². The number of ketones is 1. The van der Waals surface area contributed by atoms with E-state index in [-0.39, 0.29) is 18.5 Å². The Morgan fingerprint density at radius 3 is 2.57 bits per heavy atom. The third kappa shape index (κ3) is 0.188. The average molecular weight is 100 g/mol. The number of epoxide rings is 1. The molecule has 0 radical (unpaired) electrons. The van der Waals surface area contributed by atoms with E-state index in [1.165, 1.54) is 0 Å². The van der Waals surface area contributed by atoms with Crippen molar-refractivity contribution in [3.8, 4) is 0 Å². The molecule has 3 heteroatoms. The Morgan fingerprint density at radius 2 is 2.57 bits per heavy atom. The third-order valence-electron chi connectivity index (χ3n) is 1.50. The van der Waals surface area contributed by atoms with E-state index in [0.29, 0.717) is 0 Å². The predicted molar refractivity (Wildman–Crippen MR) is 19.7 cm³/mol. The quantitative estimate of drug-likeness (QED) is 0.416. The predicted octanol–water partition coefficient (Wildman–Crippen LogP) is -1.30. The lowest BCUT2D eigenvalue weighted by molar-refractivity contribution is -0.123. The number of fused-ring (bicyclic) bond motifs is 1. The van der Waals surface area contributed by atoms with Crippen LogP contribution in [0.25, 0.3) is 0 Å². The van der Waals surface area contributed by atoms with Gasteiger partial charge < -0.3 is 9.84 Å². The molecule has 1 unspecified atom stereocenters. The van der Waals surface area contributed by atoms with Crippen LogP contribution >= 0.6 is 0 Å². The maximum atomic E-state index is 10.2. The second kappa shape index (κ2) is 0.638. The van der Waals surface area contributed by atoms with Crippen molar-refractivity contribution in [3.05, 3.63) is 0 Å². The summed E-state index contributed by atoms with van der Waals surface area (Å²) in [6.45, 7) is -0.128. The van der Waals surface area contributed by atoms with Gasteiger partial charge in [0.25, 0.3) is 0 Å². The fourth-order valence-electron chi connectivity index (χ4n) is 0.727. The molecule has 1 aliphatic carbocycles. The third-order valence-corrected chi connectivity index (χ3v) is 1.50. The van der Waals surface area contributed by atoms with Gasteiger partial charge in [-0.25, -0.2) is 0 Å². The molecule has 1 saturated carbocycles. The fraction of sp³-hybridized carbons (Fsp3) is 0.750. The maximum Gasteiger partial charge on any atom is 0.202 e.